The van der Waals surface area contributed by atoms with Crippen LogP contribution in [-0.4, -0.2) is 66.0 Å². The van der Waals surface area contributed by atoms with Crippen molar-refractivity contribution in [3.8, 4) is 11.8 Å². The van der Waals surface area contributed by atoms with E-state index in [0.29, 0.717) is 49.1 Å². The molecule has 34 heavy (non-hydrogen) atoms. The zero-order chi connectivity index (χ0) is 23.9. The maximum Gasteiger partial charge on any atom is 0.410 e. The summed E-state index contributed by atoms with van der Waals surface area (Å²) in [6.45, 7) is 9.70. The number of amides is 1. The van der Waals surface area contributed by atoms with Crippen LogP contribution in [0.15, 0.2) is 18.5 Å². The maximum atomic E-state index is 12.3. The third-order valence-corrected chi connectivity index (χ3v) is 6.08. The Morgan fingerprint density at radius 1 is 1.24 bits per heavy atom. The van der Waals surface area contributed by atoms with Crippen molar-refractivity contribution >= 4 is 23.4 Å². The van der Waals surface area contributed by atoms with Crippen LogP contribution in [0.4, 0.5) is 22.1 Å². The van der Waals surface area contributed by atoms with Crippen LogP contribution in [0, 0.1) is 11.3 Å². The van der Waals surface area contributed by atoms with Gasteiger partial charge in [-0.05, 0) is 38.5 Å². The minimum absolute atomic E-state index is 0.115. The number of likely N-dealkylation sites (tertiary alicyclic amines) is 1. The van der Waals surface area contributed by atoms with Gasteiger partial charge in [0.05, 0.1) is 30.0 Å². The standard InChI is InChI=1S/C24H28N6O4/c1-24(2,3)34-23(31)30-11-17(12-30)15-8-16(10-25)20-19(9-15)28-21-18(13-33-20)22(27-14-26-21)29-4-6-32-7-5-29/h8-9,14,17H,4-7,11-13H2,1-3H3,(H,26,27,28). The highest BCUT2D eigenvalue weighted by Gasteiger charge is 2.36. The first-order valence-corrected chi connectivity index (χ1v) is 11.4. The maximum absolute atomic E-state index is 12.3. The molecule has 10 nitrogen and oxygen atoms in total. The smallest absolute Gasteiger partial charge is 0.410 e. The van der Waals surface area contributed by atoms with Crippen molar-refractivity contribution in [1.82, 2.24) is 14.9 Å². The van der Waals surface area contributed by atoms with Crippen LogP contribution in [0.3, 0.4) is 0 Å². The van der Waals surface area contributed by atoms with Crippen molar-refractivity contribution in [2.75, 3.05) is 49.6 Å². The van der Waals surface area contributed by atoms with E-state index in [2.05, 4.69) is 26.3 Å². The van der Waals surface area contributed by atoms with Crippen molar-refractivity contribution in [1.29, 1.82) is 5.26 Å². The van der Waals surface area contributed by atoms with Gasteiger partial charge in [-0.1, -0.05) is 0 Å². The molecule has 0 unspecified atom stereocenters. The molecule has 1 amide bonds. The number of anilines is 3. The van der Waals surface area contributed by atoms with Gasteiger partial charge in [0.25, 0.3) is 0 Å². The molecular weight excluding hydrogens is 436 g/mol. The Morgan fingerprint density at radius 2 is 2.00 bits per heavy atom. The molecule has 178 valence electrons. The van der Waals surface area contributed by atoms with E-state index >= 15 is 0 Å². The fourth-order valence-electron chi connectivity index (χ4n) is 4.35. The third-order valence-electron chi connectivity index (χ3n) is 6.08. The Bertz CT molecular complexity index is 1140. The Balaban J connectivity index is 1.39. The van der Waals surface area contributed by atoms with Crippen molar-refractivity contribution in [3.05, 3.63) is 35.2 Å². The van der Waals surface area contributed by atoms with E-state index in [1.807, 2.05) is 32.9 Å². The van der Waals surface area contributed by atoms with E-state index in [1.165, 1.54) is 0 Å². The number of benzene rings is 1. The number of nitrogens with zero attached hydrogens (tertiary/aromatic N) is 5. The first-order chi connectivity index (χ1) is 16.3. The molecule has 3 aliphatic rings. The molecule has 10 heteroatoms. The number of carbonyl (C=O) groups excluding carboxylic acids is 1. The first-order valence-electron chi connectivity index (χ1n) is 11.4. The molecule has 0 saturated carbocycles. The fourth-order valence-corrected chi connectivity index (χ4v) is 4.35. The molecule has 1 N–H and O–H groups in total. The zero-order valence-electron chi connectivity index (χ0n) is 19.6. The molecule has 1 aromatic carbocycles. The third kappa shape index (κ3) is 4.31. The van der Waals surface area contributed by atoms with Crippen molar-refractivity contribution < 1.29 is 19.0 Å². The lowest BCUT2D eigenvalue weighted by Gasteiger charge is -2.40. The van der Waals surface area contributed by atoms with Crippen LogP contribution in [0.5, 0.6) is 5.75 Å². The molecular formula is C24H28N6O4. The van der Waals surface area contributed by atoms with Crippen LogP contribution < -0.4 is 15.0 Å². The molecule has 0 aliphatic carbocycles. The molecule has 4 heterocycles. The van der Waals surface area contributed by atoms with Gasteiger partial charge in [-0.25, -0.2) is 14.8 Å². The SMILES string of the molecule is CC(C)(C)OC(=O)N1CC(c2cc(C#N)c3c(c2)Nc2ncnc(N4CCOCC4)c2CO3)C1. The van der Waals surface area contributed by atoms with E-state index < -0.39 is 5.60 Å². The van der Waals surface area contributed by atoms with Gasteiger partial charge in [0.1, 0.15) is 36.2 Å². The summed E-state index contributed by atoms with van der Waals surface area (Å²) in [5.74, 6) is 2.10. The van der Waals surface area contributed by atoms with Crippen LogP contribution in [0.2, 0.25) is 0 Å². The second-order valence-corrected chi connectivity index (χ2v) is 9.68. The van der Waals surface area contributed by atoms with Crippen molar-refractivity contribution in [3.63, 3.8) is 0 Å². The Kier molecular flexibility index (Phi) is 5.65. The number of nitrogens with one attached hydrogen (secondary N) is 1. The van der Waals surface area contributed by atoms with Gasteiger partial charge >= 0.3 is 6.09 Å². The summed E-state index contributed by atoms with van der Waals surface area (Å²) in [6.07, 6.45) is 1.23. The molecule has 5 rings (SSSR count). The van der Waals surface area contributed by atoms with Gasteiger partial charge in [0.15, 0.2) is 5.75 Å². The topological polar surface area (TPSA) is 113 Å². The summed E-state index contributed by atoms with van der Waals surface area (Å²) in [4.78, 5) is 25.1. The fraction of sp³-hybridized carbons (Fsp3) is 0.500. The minimum Gasteiger partial charge on any atom is -0.485 e. The molecule has 3 aliphatic heterocycles. The average Bonchev–Trinajstić information content (AvgIpc) is 2.96. The lowest BCUT2D eigenvalue weighted by Crippen LogP contribution is -2.50. The van der Waals surface area contributed by atoms with E-state index in [9.17, 15) is 10.1 Å². The van der Waals surface area contributed by atoms with Gasteiger partial charge in [-0.2, -0.15) is 5.26 Å². The van der Waals surface area contributed by atoms with E-state index in [4.69, 9.17) is 14.2 Å². The van der Waals surface area contributed by atoms with Crippen molar-refractivity contribution in [2.24, 2.45) is 0 Å². The quantitative estimate of drug-likeness (QED) is 0.716. The average molecular weight is 465 g/mol. The Morgan fingerprint density at radius 3 is 2.71 bits per heavy atom. The highest BCUT2D eigenvalue weighted by Crippen LogP contribution is 2.41. The summed E-state index contributed by atoms with van der Waals surface area (Å²) in [5.41, 5.74) is 2.43. The summed E-state index contributed by atoms with van der Waals surface area (Å²) in [7, 11) is 0. The minimum atomic E-state index is -0.531. The van der Waals surface area contributed by atoms with Crippen LogP contribution in [0.25, 0.3) is 0 Å². The van der Waals surface area contributed by atoms with E-state index in [-0.39, 0.29) is 18.6 Å². The van der Waals surface area contributed by atoms with Gasteiger partial charge in [0.2, 0.25) is 0 Å². The van der Waals surface area contributed by atoms with Gasteiger partial charge in [0, 0.05) is 32.1 Å². The van der Waals surface area contributed by atoms with E-state index in [0.717, 1.165) is 30.0 Å². The number of rotatable bonds is 2. The molecule has 2 saturated heterocycles. The molecule has 1 aromatic heterocycles. The number of ether oxygens (including phenoxy) is 3. The van der Waals surface area contributed by atoms with Crippen molar-refractivity contribution in [2.45, 2.75) is 38.9 Å². The van der Waals surface area contributed by atoms with E-state index in [1.54, 1.807) is 11.2 Å². The number of morpholine rings is 1. The molecule has 2 fully saturated rings. The molecule has 0 radical (unpaired) electrons. The number of hydrogen-bond donors (Lipinski definition) is 1. The summed E-state index contributed by atoms with van der Waals surface area (Å²) in [5, 5.41) is 13.2. The second-order valence-electron chi connectivity index (χ2n) is 9.68. The normalized spacial score (nSPS) is 17.8. The van der Waals surface area contributed by atoms with Gasteiger partial charge in [-0.15, -0.1) is 0 Å². The first kappa shape index (κ1) is 22.2. The second kappa shape index (κ2) is 8.65. The predicted molar refractivity (Wildman–Crippen MR) is 124 cm³/mol. The zero-order valence-corrected chi connectivity index (χ0v) is 19.6. The molecule has 2 aromatic rings. The summed E-state index contributed by atoms with van der Waals surface area (Å²) < 4.78 is 17.0. The number of aromatic nitrogens is 2. The molecule has 0 spiro atoms. The summed E-state index contributed by atoms with van der Waals surface area (Å²) in [6, 6.07) is 6.10. The number of carbonyl (C=O) groups is 1. The monoisotopic (exact) mass is 464 g/mol. The van der Waals surface area contributed by atoms with Gasteiger partial charge < -0.3 is 29.3 Å². The van der Waals surface area contributed by atoms with Crippen LogP contribution >= 0.6 is 0 Å². The molecule has 0 atom stereocenters. The highest BCUT2D eigenvalue weighted by atomic mass is 16.6. The lowest BCUT2D eigenvalue weighted by molar-refractivity contribution is 0.00819. The number of nitriles is 1. The number of fused-ring (bicyclic) bond motifs is 2. The van der Waals surface area contributed by atoms with Crippen LogP contribution in [0.1, 0.15) is 43.4 Å². The predicted octanol–water partition coefficient (Wildman–Crippen LogP) is 3.16. The Hall–Kier alpha value is -3.58. The molecule has 0 bridgehead atoms. The largest absolute Gasteiger partial charge is 0.485 e. The summed E-state index contributed by atoms with van der Waals surface area (Å²) >= 11 is 0. The van der Waals surface area contributed by atoms with Crippen LogP contribution in [-0.2, 0) is 16.1 Å². The lowest BCUT2D eigenvalue weighted by atomic mass is 9.90. The van der Waals surface area contributed by atoms with Gasteiger partial charge in [-0.3, -0.25) is 0 Å². The Labute approximate surface area is 198 Å². The highest BCUT2D eigenvalue weighted by molar-refractivity contribution is 5.75. The number of hydrogen-bond acceptors (Lipinski definition) is 9.